The topological polar surface area (TPSA) is 60.9 Å². The zero-order valence-electron chi connectivity index (χ0n) is 15.4. The summed E-state index contributed by atoms with van der Waals surface area (Å²) in [6.07, 6.45) is 1.60. The van der Waals surface area contributed by atoms with E-state index >= 15 is 0 Å². The minimum atomic E-state index is -0.734. The molecule has 25 heavy (non-hydrogen) atoms. The molecular weight excluding hydrogens is 316 g/mol. The number of hydrogen-bond donors (Lipinski definition) is 1. The van der Waals surface area contributed by atoms with Gasteiger partial charge in [-0.05, 0) is 37.8 Å². The van der Waals surface area contributed by atoms with Gasteiger partial charge in [0.05, 0.1) is 12.0 Å². The van der Waals surface area contributed by atoms with Gasteiger partial charge in [-0.3, -0.25) is 9.59 Å². The summed E-state index contributed by atoms with van der Waals surface area (Å²) >= 11 is 0. The summed E-state index contributed by atoms with van der Waals surface area (Å²) in [6.45, 7) is 7.91. The molecule has 2 amide bonds. The fourth-order valence-corrected chi connectivity index (χ4v) is 4.08. The highest BCUT2D eigenvalue weighted by Gasteiger charge is 2.46. The predicted octanol–water partition coefficient (Wildman–Crippen LogP) is 1.68. The van der Waals surface area contributed by atoms with Gasteiger partial charge in [0.25, 0.3) is 0 Å². The van der Waals surface area contributed by atoms with Crippen LogP contribution >= 0.6 is 0 Å². The molecule has 2 unspecified atom stereocenters. The lowest BCUT2D eigenvalue weighted by Crippen LogP contribution is -2.61. The van der Waals surface area contributed by atoms with Crippen molar-refractivity contribution in [1.82, 2.24) is 9.80 Å². The van der Waals surface area contributed by atoms with Crippen LogP contribution < -0.4 is 0 Å². The number of piperidine rings is 2. The van der Waals surface area contributed by atoms with Crippen LogP contribution in [0.3, 0.4) is 0 Å². The molecule has 5 nitrogen and oxygen atoms in total. The third-order valence-corrected chi connectivity index (χ3v) is 5.92. The van der Waals surface area contributed by atoms with Crippen molar-refractivity contribution < 1.29 is 14.7 Å². The quantitative estimate of drug-likeness (QED) is 0.888. The normalized spacial score (nSPS) is 26.3. The molecule has 2 aliphatic rings. The van der Waals surface area contributed by atoms with Crippen LogP contribution in [0.4, 0.5) is 0 Å². The Morgan fingerprint density at radius 3 is 2.48 bits per heavy atom. The van der Waals surface area contributed by atoms with Crippen LogP contribution in [0.1, 0.15) is 36.5 Å². The van der Waals surface area contributed by atoms with E-state index in [-0.39, 0.29) is 17.7 Å². The van der Waals surface area contributed by atoms with Crippen LogP contribution in [-0.4, -0.2) is 58.5 Å². The number of fused-ring (bicyclic) bond motifs is 1. The van der Waals surface area contributed by atoms with Crippen molar-refractivity contribution in [2.24, 2.45) is 5.92 Å². The Bertz CT molecular complexity index is 688. The number of aliphatic hydroxyl groups is 1. The smallest absolute Gasteiger partial charge is 0.227 e. The van der Waals surface area contributed by atoms with E-state index in [0.29, 0.717) is 45.4 Å². The van der Waals surface area contributed by atoms with Gasteiger partial charge in [0.1, 0.15) is 0 Å². The average molecular weight is 344 g/mol. The monoisotopic (exact) mass is 344 g/mol. The van der Waals surface area contributed by atoms with Crippen LogP contribution in [0.5, 0.6) is 0 Å². The highest BCUT2D eigenvalue weighted by atomic mass is 16.3. The van der Waals surface area contributed by atoms with Gasteiger partial charge < -0.3 is 14.9 Å². The van der Waals surface area contributed by atoms with Crippen LogP contribution in [-0.2, 0) is 16.0 Å². The van der Waals surface area contributed by atoms with Crippen molar-refractivity contribution in [2.75, 3.05) is 26.2 Å². The van der Waals surface area contributed by atoms with E-state index in [1.54, 1.807) is 11.8 Å². The summed E-state index contributed by atoms with van der Waals surface area (Å²) in [6, 6.07) is 6.19. The highest BCUT2D eigenvalue weighted by Crippen LogP contribution is 2.35. The van der Waals surface area contributed by atoms with E-state index < -0.39 is 5.60 Å². The Morgan fingerprint density at radius 2 is 1.80 bits per heavy atom. The Balaban J connectivity index is 1.68. The maximum absolute atomic E-state index is 12.8. The van der Waals surface area contributed by atoms with Crippen LogP contribution in [0.15, 0.2) is 18.2 Å². The maximum atomic E-state index is 12.8. The third kappa shape index (κ3) is 3.71. The summed E-state index contributed by atoms with van der Waals surface area (Å²) in [5.41, 5.74) is 2.63. The number of benzene rings is 1. The minimum absolute atomic E-state index is 0.0425. The van der Waals surface area contributed by atoms with Gasteiger partial charge >= 0.3 is 0 Å². The molecule has 0 aromatic heterocycles. The first kappa shape index (κ1) is 17.9. The summed E-state index contributed by atoms with van der Waals surface area (Å²) in [4.78, 5) is 28.1. The number of carbonyl (C=O) groups excluding carboxylic acids is 2. The van der Waals surface area contributed by atoms with Crippen molar-refractivity contribution in [2.45, 2.75) is 45.6 Å². The molecule has 2 saturated heterocycles. The molecular formula is C20H28N2O3. The second kappa shape index (κ2) is 6.79. The summed E-state index contributed by atoms with van der Waals surface area (Å²) in [5.74, 6) is 0.0954. The van der Waals surface area contributed by atoms with Crippen LogP contribution in [0, 0.1) is 19.8 Å². The van der Waals surface area contributed by atoms with Crippen molar-refractivity contribution in [1.29, 1.82) is 0 Å². The fraction of sp³-hybridized carbons (Fsp3) is 0.600. The summed E-state index contributed by atoms with van der Waals surface area (Å²) in [5, 5.41) is 10.9. The van der Waals surface area contributed by atoms with Crippen molar-refractivity contribution in [3.8, 4) is 0 Å². The summed E-state index contributed by atoms with van der Waals surface area (Å²) in [7, 11) is 0. The standard InChI is InChI=1S/C20H28N2O3/c1-14-4-5-15(2)17(10-14)11-19(24)22-9-7-20(25)6-8-21(16(3)23)12-18(20)13-22/h4-5,10,18,25H,6-9,11-13H2,1-3H3. The van der Waals surface area contributed by atoms with E-state index in [2.05, 4.69) is 18.2 Å². The Morgan fingerprint density at radius 1 is 1.16 bits per heavy atom. The maximum Gasteiger partial charge on any atom is 0.227 e. The number of rotatable bonds is 2. The molecule has 2 aliphatic heterocycles. The number of amides is 2. The van der Waals surface area contributed by atoms with Gasteiger partial charge in [0, 0.05) is 39.0 Å². The number of aryl methyl sites for hydroxylation is 2. The van der Waals surface area contributed by atoms with Gasteiger partial charge in [0.15, 0.2) is 0 Å². The van der Waals surface area contributed by atoms with Crippen molar-refractivity contribution in [3.63, 3.8) is 0 Å². The molecule has 2 atom stereocenters. The minimum Gasteiger partial charge on any atom is -0.389 e. The molecule has 2 heterocycles. The van der Waals surface area contributed by atoms with Crippen LogP contribution in [0.25, 0.3) is 0 Å². The molecule has 0 saturated carbocycles. The lowest BCUT2D eigenvalue weighted by molar-refractivity contribution is -0.152. The second-order valence-electron chi connectivity index (χ2n) is 7.71. The predicted molar refractivity (Wildman–Crippen MR) is 96.1 cm³/mol. The van der Waals surface area contributed by atoms with Gasteiger partial charge in [-0.15, -0.1) is 0 Å². The Labute approximate surface area is 149 Å². The molecule has 0 radical (unpaired) electrons. The lowest BCUT2D eigenvalue weighted by Gasteiger charge is -2.50. The first-order chi connectivity index (χ1) is 11.8. The fourth-order valence-electron chi connectivity index (χ4n) is 4.08. The third-order valence-electron chi connectivity index (χ3n) is 5.92. The Kier molecular flexibility index (Phi) is 4.87. The lowest BCUT2D eigenvalue weighted by atomic mass is 9.75. The average Bonchev–Trinajstić information content (AvgIpc) is 2.56. The highest BCUT2D eigenvalue weighted by molar-refractivity contribution is 5.79. The number of carbonyl (C=O) groups is 2. The molecule has 0 aliphatic carbocycles. The van der Waals surface area contributed by atoms with Crippen LogP contribution in [0.2, 0.25) is 0 Å². The molecule has 5 heteroatoms. The number of likely N-dealkylation sites (tertiary alicyclic amines) is 2. The summed E-state index contributed by atoms with van der Waals surface area (Å²) < 4.78 is 0. The van der Waals surface area contributed by atoms with E-state index in [4.69, 9.17) is 0 Å². The molecule has 1 aromatic carbocycles. The van der Waals surface area contributed by atoms with Crippen molar-refractivity contribution in [3.05, 3.63) is 34.9 Å². The van der Waals surface area contributed by atoms with E-state index in [0.717, 1.165) is 16.7 Å². The zero-order valence-corrected chi connectivity index (χ0v) is 15.4. The molecule has 0 spiro atoms. The van der Waals surface area contributed by atoms with Crippen molar-refractivity contribution >= 4 is 11.8 Å². The van der Waals surface area contributed by atoms with Gasteiger partial charge in [-0.1, -0.05) is 23.8 Å². The molecule has 3 rings (SSSR count). The molecule has 2 fully saturated rings. The molecule has 1 aromatic rings. The van der Waals surface area contributed by atoms with Gasteiger partial charge in [-0.2, -0.15) is 0 Å². The van der Waals surface area contributed by atoms with E-state index in [9.17, 15) is 14.7 Å². The molecule has 0 bridgehead atoms. The first-order valence-corrected chi connectivity index (χ1v) is 9.10. The zero-order chi connectivity index (χ0) is 18.2. The number of hydrogen-bond acceptors (Lipinski definition) is 3. The SMILES string of the molecule is CC(=O)N1CCC2(O)CCN(C(=O)Cc3cc(C)ccc3C)CC2C1. The number of nitrogens with zero attached hydrogens (tertiary/aromatic N) is 2. The first-order valence-electron chi connectivity index (χ1n) is 9.10. The van der Waals surface area contributed by atoms with E-state index in [1.807, 2.05) is 18.7 Å². The van der Waals surface area contributed by atoms with Gasteiger partial charge in [-0.25, -0.2) is 0 Å². The van der Waals surface area contributed by atoms with E-state index in [1.165, 1.54) is 0 Å². The van der Waals surface area contributed by atoms with Gasteiger partial charge in [0.2, 0.25) is 11.8 Å². The molecule has 1 N–H and O–H groups in total. The largest absolute Gasteiger partial charge is 0.389 e. The second-order valence-corrected chi connectivity index (χ2v) is 7.71. The Hall–Kier alpha value is -1.88. The molecule has 136 valence electrons.